The van der Waals surface area contributed by atoms with Crippen LogP contribution in [0.2, 0.25) is 0 Å². The number of aromatic nitrogens is 3. The number of hydrogen-bond donors (Lipinski definition) is 1. The van der Waals surface area contributed by atoms with Crippen molar-refractivity contribution in [1.82, 2.24) is 19.7 Å². The summed E-state index contributed by atoms with van der Waals surface area (Å²) >= 11 is 5.40. The minimum absolute atomic E-state index is 0.240. The molecule has 7 heteroatoms. The van der Waals surface area contributed by atoms with Gasteiger partial charge < -0.3 is 9.47 Å². The van der Waals surface area contributed by atoms with E-state index in [9.17, 15) is 0 Å². The number of benzene rings is 1. The monoisotopic (exact) mass is 334 g/mol. The molecule has 124 valence electrons. The molecule has 0 saturated carbocycles. The van der Waals surface area contributed by atoms with Crippen molar-refractivity contribution in [3.63, 3.8) is 0 Å². The standard InChI is InChI=1S/C16H22N4O2S/c1-11-9-22-12(2)8-19(11)10-20-16(23)17-15(18-20)13-4-6-14(21-3)7-5-13/h4-7,11-12H,8-10H2,1-3H3,(H,17,18,23)/t11-,12+/m0/s1. The third kappa shape index (κ3) is 3.63. The molecular formula is C16H22N4O2S. The molecule has 2 aromatic rings. The van der Waals surface area contributed by atoms with E-state index in [1.54, 1.807) is 7.11 Å². The van der Waals surface area contributed by atoms with Crippen LogP contribution >= 0.6 is 12.2 Å². The van der Waals surface area contributed by atoms with Crippen LogP contribution in [0, 0.1) is 4.77 Å². The molecule has 0 unspecified atom stereocenters. The van der Waals surface area contributed by atoms with Gasteiger partial charge >= 0.3 is 0 Å². The molecule has 1 aliphatic rings. The van der Waals surface area contributed by atoms with Crippen LogP contribution in [0.4, 0.5) is 0 Å². The summed E-state index contributed by atoms with van der Waals surface area (Å²) in [6.45, 7) is 6.58. The van der Waals surface area contributed by atoms with Crippen LogP contribution in [-0.2, 0) is 11.4 Å². The second-order valence-electron chi connectivity index (χ2n) is 5.92. The van der Waals surface area contributed by atoms with Gasteiger partial charge in [-0.2, -0.15) is 4.98 Å². The zero-order chi connectivity index (χ0) is 16.4. The predicted octanol–water partition coefficient (Wildman–Crippen LogP) is 2.68. The highest BCUT2D eigenvalue weighted by Crippen LogP contribution is 2.20. The van der Waals surface area contributed by atoms with Gasteiger partial charge in [-0.15, -0.1) is 0 Å². The third-order valence-electron chi connectivity index (χ3n) is 4.10. The lowest BCUT2D eigenvalue weighted by atomic mass is 10.2. The van der Waals surface area contributed by atoms with Crippen LogP contribution in [-0.4, -0.2) is 52.1 Å². The molecule has 0 amide bonds. The van der Waals surface area contributed by atoms with E-state index in [-0.39, 0.29) is 6.10 Å². The molecule has 1 aromatic heterocycles. The fraction of sp³-hybridized carbons (Fsp3) is 0.500. The minimum Gasteiger partial charge on any atom is -0.497 e. The van der Waals surface area contributed by atoms with Crippen molar-refractivity contribution in [2.45, 2.75) is 32.7 Å². The summed E-state index contributed by atoms with van der Waals surface area (Å²) in [5.41, 5.74) is 0.985. The highest BCUT2D eigenvalue weighted by Gasteiger charge is 2.24. The minimum atomic E-state index is 0.240. The van der Waals surface area contributed by atoms with Gasteiger partial charge in [-0.05, 0) is 50.3 Å². The van der Waals surface area contributed by atoms with Gasteiger partial charge in [-0.3, -0.25) is 10.00 Å². The number of rotatable bonds is 4. The van der Waals surface area contributed by atoms with E-state index < -0.39 is 0 Å². The quantitative estimate of drug-likeness (QED) is 0.871. The molecule has 1 fully saturated rings. The first kappa shape index (κ1) is 16.2. The van der Waals surface area contributed by atoms with Crippen LogP contribution in [0.5, 0.6) is 5.75 Å². The first-order valence-corrected chi connectivity index (χ1v) is 8.14. The predicted molar refractivity (Wildman–Crippen MR) is 91.0 cm³/mol. The fourth-order valence-corrected chi connectivity index (χ4v) is 2.88. The molecular weight excluding hydrogens is 312 g/mol. The molecule has 3 rings (SSSR count). The van der Waals surface area contributed by atoms with Gasteiger partial charge in [0.05, 0.1) is 26.5 Å². The van der Waals surface area contributed by atoms with Crippen molar-refractivity contribution in [3.8, 4) is 17.1 Å². The van der Waals surface area contributed by atoms with Crippen LogP contribution in [0.1, 0.15) is 13.8 Å². The first-order chi connectivity index (χ1) is 11.1. The van der Waals surface area contributed by atoms with Crippen LogP contribution in [0.3, 0.4) is 0 Å². The summed E-state index contributed by atoms with van der Waals surface area (Å²) in [6, 6.07) is 8.13. The first-order valence-electron chi connectivity index (χ1n) is 7.73. The lowest BCUT2D eigenvalue weighted by Gasteiger charge is -2.36. The molecule has 1 aromatic carbocycles. The Bertz CT molecular complexity index is 710. The summed E-state index contributed by atoms with van der Waals surface area (Å²) in [4.78, 5) is 6.82. The van der Waals surface area contributed by atoms with E-state index >= 15 is 0 Å². The maximum absolute atomic E-state index is 5.67. The van der Waals surface area contributed by atoms with E-state index in [0.29, 0.717) is 17.5 Å². The smallest absolute Gasteiger partial charge is 0.217 e. The average molecular weight is 334 g/mol. The van der Waals surface area contributed by atoms with E-state index in [2.05, 4.69) is 28.8 Å². The molecule has 0 bridgehead atoms. The van der Waals surface area contributed by atoms with Crippen molar-refractivity contribution in [2.24, 2.45) is 0 Å². The van der Waals surface area contributed by atoms with Gasteiger partial charge in [0.15, 0.2) is 5.82 Å². The molecule has 1 N–H and O–H groups in total. The number of aromatic amines is 1. The van der Waals surface area contributed by atoms with Gasteiger partial charge in [0.2, 0.25) is 4.77 Å². The Morgan fingerprint density at radius 1 is 1.35 bits per heavy atom. The number of nitrogens with zero attached hydrogens (tertiary/aromatic N) is 3. The highest BCUT2D eigenvalue weighted by molar-refractivity contribution is 7.71. The van der Waals surface area contributed by atoms with Crippen LogP contribution in [0.25, 0.3) is 11.4 Å². The normalized spacial score (nSPS) is 22.2. The second kappa shape index (κ2) is 6.82. The van der Waals surface area contributed by atoms with E-state index in [4.69, 9.17) is 21.7 Å². The summed E-state index contributed by atoms with van der Waals surface area (Å²) in [5.74, 6) is 1.59. The number of methoxy groups -OCH3 is 1. The largest absolute Gasteiger partial charge is 0.497 e. The number of H-pyrrole nitrogens is 1. The van der Waals surface area contributed by atoms with Crippen molar-refractivity contribution >= 4 is 12.2 Å². The van der Waals surface area contributed by atoms with Gasteiger partial charge in [-0.1, -0.05) is 0 Å². The lowest BCUT2D eigenvalue weighted by Crippen LogP contribution is -2.47. The molecule has 2 heterocycles. The van der Waals surface area contributed by atoms with Gasteiger partial charge in [0.1, 0.15) is 5.75 Å². The van der Waals surface area contributed by atoms with Gasteiger partial charge in [-0.25, -0.2) is 4.68 Å². The number of hydrogen-bond acceptors (Lipinski definition) is 5. The Balaban J connectivity index is 1.79. The Hall–Kier alpha value is -1.70. The van der Waals surface area contributed by atoms with E-state index in [1.165, 1.54) is 0 Å². The molecule has 0 spiro atoms. The maximum atomic E-state index is 5.67. The number of morpholine rings is 1. The van der Waals surface area contributed by atoms with Crippen LogP contribution in [0.15, 0.2) is 24.3 Å². The Labute approximate surface area is 141 Å². The SMILES string of the molecule is COc1ccc(-c2nc(=S)n(CN3C[C@@H](C)OC[C@@H]3C)[nH]2)cc1. The van der Waals surface area contributed by atoms with Crippen molar-refractivity contribution in [3.05, 3.63) is 29.0 Å². The maximum Gasteiger partial charge on any atom is 0.217 e. The zero-order valence-corrected chi connectivity index (χ0v) is 14.5. The molecule has 6 nitrogen and oxygen atoms in total. The van der Waals surface area contributed by atoms with Crippen LogP contribution < -0.4 is 4.74 Å². The van der Waals surface area contributed by atoms with Crippen molar-refractivity contribution < 1.29 is 9.47 Å². The van der Waals surface area contributed by atoms with Crippen molar-refractivity contribution in [2.75, 3.05) is 20.3 Å². The Kier molecular flexibility index (Phi) is 4.79. The molecule has 1 saturated heterocycles. The topological polar surface area (TPSA) is 55.3 Å². The number of nitrogens with one attached hydrogen (secondary N) is 1. The summed E-state index contributed by atoms with van der Waals surface area (Å²) in [6.07, 6.45) is 0.240. The molecule has 0 radical (unpaired) electrons. The number of ether oxygens (including phenoxy) is 2. The molecule has 2 atom stereocenters. The summed E-state index contributed by atoms with van der Waals surface area (Å²) < 4.78 is 13.3. The van der Waals surface area contributed by atoms with Gasteiger partial charge in [0.25, 0.3) is 0 Å². The Morgan fingerprint density at radius 3 is 2.78 bits per heavy atom. The van der Waals surface area contributed by atoms with E-state index in [1.807, 2.05) is 28.9 Å². The summed E-state index contributed by atoms with van der Waals surface area (Å²) in [5, 5.41) is 3.30. The molecule has 0 aliphatic carbocycles. The zero-order valence-electron chi connectivity index (χ0n) is 13.7. The molecule has 23 heavy (non-hydrogen) atoms. The average Bonchev–Trinajstić information content (AvgIpc) is 2.92. The van der Waals surface area contributed by atoms with Crippen molar-refractivity contribution in [1.29, 1.82) is 0 Å². The van der Waals surface area contributed by atoms with E-state index in [0.717, 1.165) is 30.3 Å². The fourth-order valence-electron chi connectivity index (χ4n) is 2.68. The highest BCUT2D eigenvalue weighted by atomic mass is 32.1. The van der Waals surface area contributed by atoms with Gasteiger partial charge in [0, 0.05) is 18.2 Å². The second-order valence-corrected chi connectivity index (χ2v) is 6.28. The molecule has 1 aliphatic heterocycles. The lowest BCUT2D eigenvalue weighted by molar-refractivity contribution is -0.0624. The third-order valence-corrected chi connectivity index (χ3v) is 4.41. The summed E-state index contributed by atoms with van der Waals surface area (Å²) in [7, 11) is 1.65. The Morgan fingerprint density at radius 2 is 2.09 bits per heavy atom.